The van der Waals surface area contributed by atoms with Gasteiger partial charge in [-0.3, -0.25) is 9.69 Å². The van der Waals surface area contributed by atoms with Gasteiger partial charge in [-0.25, -0.2) is 0 Å². The Morgan fingerprint density at radius 1 is 1.39 bits per heavy atom. The molecule has 100 valence electrons. The van der Waals surface area contributed by atoms with Crippen LogP contribution in [0.1, 0.15) is 34.8 Å². The van der Waals surface area contributed by atoms with Gasteiger partial charge in [0, 0.05) is 12.1 Å². The standard InChI is InChI=1S/C15H23NO2/c1-11-5-6-14(12(2)9-11)15(18)10-16(4)8-7-13(3)17/h5-6,9,13,17H,7-8,10H2,1-4H3. The fraction of sp³-hybridized carbons (Fsp3) is 0.533. The number of carbonyl (C=O) groups excluding carboxylic acids is 1. The summed E-state index contributed by atoms with van der Waals surface area (Å²) < 4.78 is 0. The predicted octanol–water partition coefficient (Wildman–Crippen LogP) is 2.19. The first kappa shape index (κ1) is 14.9. The summed E-state index contributed by atoms with van der Waals surface area (Å²) >= 11 is 0. The van der Waals surface area contributed by atoms with E-state index in [9.17, 15) is 9.90 Å². The molecule has 18 heavy (non-hydrogen) atoms. The molecule has 1 N–H and O–H groups in total. The van der Waals surface area contributed by atoms with Gasteiger partial charge in [0.15, 0.2) is 5.78 Å². The molecule has 0 aromatic heterocycles. The van der Waals surface area contributed by atoms with Crippen LogP contribution in [0.25, 0.3) is 0 Å². The van der Waals surface area contributed by atoms with Gasteiger partial charge in [0.1, 0.15) is 0 Å². The molecule has 0 radical (unpaired) electrons. The summed E-state index contributed by atoms with van der Waals surface area (Å²) in [5.74, 6) is 0.139. The van der Waals surface area contributed by atoms with Gasteiger partial charge in [-0.2, -0.15) is 0 Å². The minimum absolute atomic E-state index is 0.139. The third-order valence-corrected chi connectivity index (χ3v) is 3.02. The normalized spacial score (nSPS) is 12.8. The first-order chi connectivity index (χ1) is 8.40. The Morgan fingerprint density at radius 2 is 2.06 bits per heavy atom. The first-order valence-corrected chi connectivity index (χ1v) is 6.37. The molecule has 1 unspecified atom stereocenters. The summed E-state index contributed by atoms with van der Waals surface area (Å²) in [7, 11) is 1.91. The van der Waals surface area contributed by atoms with Crippen LogP contribution >= 0.6 is 0 Å². The molecule has 3 nitrogen and oxygen atoms in total. The van der Waals surface area contributed by atoms with Gasteiger partial charge in [0.25, 0.3) is 0 Å². The number of nitrogens with zero attached hydrogens (tertiary/aromatic N) is 1. The van der Waals surface area contributed by atoms with E-state index in [1.165, 1.54) is 5.56 Å². The molecule has 3 heteroatoms. The fourth-order valence-electron chi connectivity index (χ4n) is 1.94. The van der Waals surface area contributed by atoms with Crippen LogP contribution in [0.15, 0.2) is 18.2 Å². The average Bonchev–Trinajstić information content (AvgIpc) is 2.26. The highest BCUT2D eigenvalue weighted by atomic mass is 16.3. The van der Waals surface area contributed by atoms with Crippen molar-refractivity contribution in [1.29, 1.82) is 0 Å². The van der Waals surface area contributed by atoms with E-state index in [1.54, 1.807) is 6.92 Å². The number of likely N-dealkylation sites (N-methyl/N-ethyl adjacent to an activating group) is 1. The number of hydrogen-bond donors (Lipinski definition) is 1. The first-order valence-electron chi connectivity index (χ1n) is 6.37. The Kier molecular flexibility index (Phi) is 5.51. The maximum absolute atomic E-state index is 12.1. The van der Waals surface area contributed by atoms with Crippen LogP contribution < -0.4 is 0 Å². The summed E-state index contributed by atoms with van der Waals surface area (Å²) in [6, 6.07) is 5.90. The van der Waals surface area contributed by atoms with E-state index >= 15 is 0 Å². The highest BCUT2D eigenvalue weighted by Crippen LogP contribution is 2.11. The van der Waals surface area contributed by atoms with Gasteiger partial charge >= 0.3 is 0 Å². The van der Waals surface area contributed by atoms with Gasteiger partial charge < -0.3 is 5.11 Å². The van der Waals surface area contributed by atoms with Crippen LogP contribution in [0.5, 0.6) is 0 Å². The predicted molar refractivity (Wildman–Crippen MR) is 74.0 cm³/mol. The zero-order chi connectivity index (χ0) is 13.7. The Morgan fingerprint density at radius 3 is 2.61 bits per heavy atom. The summed E-state index contributed by atoms with van der Waals surface area (Å²) in [4.78, 5) is 14.1. The molecular formula is C15H23NO2. The van der Waals surface area contributed by atoms with Crippen molar-refractivity contribution >= 4 is 5.78 Å². The molecule has 0 amide bonds. The summed E-state index contributed by atoms with van der Waals surface area (Å²) in [6.07, 6.45) is 0.375. The van der Waals surface area contributed by atoms with E-state index in [-0.39, 0.29) is 11.9 Å². The second-order valence-corrected chi connectivity index (χ2v) is 5.12. The highest BCUT2D eigenvalue weighted by Gasteiger charge is 2.12. The lowest BCUT2D eigenvalue weighted by molar-refractivity contribution is 0.0931. The monoisotopic (exact) mass is 249 g/mol. The van der Waals surface area contributed by atoms with E-state index in [0.29, 0.717) is 13.0 Å². The molecular weight excluding hydrogens is 226 g/mol. The van der Waals surface area contributed by atoms with E-state index in [4.69, 9.17) is 0 Å². The van der Waals surface area contributed by atoms with Gasteiger partial charge in [0.2, 0.25) is 0 Å². The number of hydrogen-bond acceptors (Lipinski definition) is 3. The molecule has 0 spiro atoms. The Hall–Kier alpha value is -1.19. The van der Waals surface area contributed by atoms with Crippen LogP contribution in [0.3, 0.4) is 0 Å². The van der Waals surface area contributed by atoms with Crippen LogP contribution in [0.4, 0.5) is 0 Å². The van der Waals surface area contributed by atoms with Crippen LogP contribution in [0.2, 0.25) is 0 Å². The summed E-state index contributed by atoms with van der Waals surface area (Å²) in [5, 5.41) is 9.22. The highest BCUT2D eigenvalue weighted by molar-refractivity contribution is 5.98. The Labute approximate surface area is 109 Å². The lowest BCUT2D eigenvalue weighted by Gasteiger charge is -2.17. The van der Waals surface area contributed by atoms with Gasteiger partial charge in [-0.15, -0.1) is 0 Å². The number of aryl methyl sites for hydroxylation is 2. The molecule has 1 aromatic carbocycles. The lowest BCUT2D eigenvalue weighted by Crippen LogP contribution is -2.29. The van der Waals surface area contributed by atoms with Gasteiger partial charge in [-0.05, 0) is 39.8 Å². The van der Waals surface area contributed by atoms with Crippen LogP contribution in [0, 0.1) is 13.8 Å². The van der Waals surface area contributed by atoms with Crippen molar-refractivity contribution in [3.8, 4) is 0 Å². The number of rotatable bonds is 6. The topological polar surface area (TPSA) is 40.5 Å². The van der Waals surface area contributed by atoms with Crippen LogP contribution in [-0.2, 0) is 0 Å². The van der Waals surface area contributed by atoms with Crippen molar-refractivity contribution in [3.63, 3.8) is 0 Å². The Balaban J connectivity index is 2.59. The second-order valence-electron chi connectivity index (χ2n) is 5.12. The summed E-state index contributed by atoms with van der Waals surface area (Å²) in [6.45, 7) is 6.89. The molecule has 0 saturated heterocycles. The lowest BCUT2D eigenvalue weighted by atomic mass is 10.0. The number of Topliss-reactive ketones (excluding diaryl/α,β-unsaturated/α-hetero) is 1. The van der Waals surface area contributed by atoms with Crippen molar-refractivity contribution in [2.45, 2.75) is 33.3 Å². The zero-order valence-electron chi connectivity index (χ0n) is 11.7. The largest absolute Gasteiger partial charge is 0.393 e. The third kappa shape index (κ3) is 4.59. The number of benzene rings is 1. The van der Waals surface area contributed by atoms with Crippen molar-refractivity contribution in [2.75, 3.05) is 20.1 Å². The fourth-order valence-corrected chi connectivity index (χ4v) is 1.94. The average molecular weight is 249 g/mol. The van der Waals surface area contributed by atoms with Crippen molar-refractivity contribution in [3.05, 3.63) is 34.9 Å². The third-order valence-electron chi connectivity index (χ3n) is 3.02. The minimum atomic E-state index is -0.316. The van der Waals surface area contributed by atoms with Crippen molar-refractivity contribution in [2.24, 2.45) is 0 Å². The smallest absolute Gasteiger partial charge is 0.177 e. The maximum Gasteiger partial charge on any atom is 0.177 e. The molecule has 0 bridgehead atoms. The molecule has 0 aliphatic rings. The number of aliphatic hydroxyl groups is 1. The Bertz CT molecular complexity index is 413. The number of carbonyl (C=O) groups is 1. The molecule has 1 rings (SSSR count). The van der Waals surface area contributed by atoms with Crippen molar-refractivity contribution < 1.29 is 9.90 Å². The number of aliphatic hydroxyl groups excluding tert-OH is 1. The zero-order valence-corrected chi connectivity index (χ0v) is 11.7. The van der Waals surface area contributed by atoms with Gasteiger partial charge in [-0.1, -0.05) is 23.8 Å². The van der Waals surface area contributed by atoms with E-state index < -0.39 is 0 Å². The minimum Gasteiger partial charge on any atom is -0.393 e. The van der Waals surface area contributed by atoms with Crippen molar-refractivity contribution in [1.82, 2.24) is 4.90 Å². The SMILES string of the molecule is Cc1ccc(C(=O)CN(C)CCC(C)O)c(C)c1. The van der Waals surface area contributed by atoms with E-state index in [2.05, 4.69) is 0 Å². The molecule has 0 saturated carbocycles. The second kappa shape index (κ2) is 6.66. The maximum atomic E-state index is 12.1. The summed E-state index contributed by atoms with van der Waals surface area (Å²) in [5.41, 5.74) is 3.00. The molecule has 0 aliphatic carbocycles. The van der Waals surface area contributed by atoms with E-state index in [0.717, 1.165) is 17.7 Å². The van der Waals surface area contributed by atoms with E-state index in [1.807, 2.05) is 44.0 Å². The quantitative estimate of drug-likeness (QED) is 0.786. The molecule has 1 aromatic rings. The molecule has 1 atom stereocenters. The molecule has 0 heterocycles. The number of ketones is 1. The molecule has 0 fully saturated rings. The van der Waals surface area contributed by atoms with Crippen LogP contribution in [-0.4, -0.2) is 42.0 Å². The molecule has 0 aliphatic heterocycles. The van der Waals surface area contributed by atoms with Gasteiger partial charge in [0.05, 0.1) is 12.6 Å².